The van der Waals surface area contributed by atoms with Crippen LogP contribution >= 0.6 is 0 Å². The lowest BCUT2D eigenvalue weighted by Gasteiger charge is -2.37. The maximum absolute atomic E-state index is 5.92. The van der Waals surface area contributed by atoms with Crippen LogP contribution in [0.25, 0.3) is 0 Å². The number of hydrogen-bond donors (Lipinski definition) is 0. The molecule has 6 nitrogen and oxygen atoms in total. The molecule has 0 N–H and O–H groups in total. The number of nitrogens with zero attached hydrogens (tertiary/aromatic N) is 3. The summed E-state index contributed by atoms with van der Waals surface area (Å²) < 4.78 is 17.3. The molecule has 0 radical (unpaired) electrons. The van der Waals surface area contributed by atoms with Crippen molar-refractivity contribution in [3.05, 3.63) is 71.6 Å². The van der Waals surface area contributed by atoms with E-state index in [-0.39, 0.29) is 5.92 Å². The van der Waals surface area contributed by atoms with Crippen LogP contribution in [0.15, 0.2) is 59.1 Å². The molecule has 2 aliphatic rings. The Hall–Kier alpha value is -2.99. The Morgan fingerprint density at radius 1 is 0.935 bits per heavy atom. The van der Waals surface area contributed by atoms with Crippen molar-refractivity contribution in [2.24, 2.45) is 0 Å². The summed E-state index contributed by atoms with van der Waals surface area (Å²) in [5, 5.41) is 4.12. The van der Waals surface area contributed by atoms with Crippen molar-refractivity contribution in [3.8, 4) is 11.5 Å². The zero-order valence-electron chi connectivity index (χ0n) is 18.0. The van der Waals surface area contributed by atoms with Gasteiger partial charge in [-0.3, -0.25) is 4.90 Å². The smallest absolute Gasteiger partial charge is 0.184 e. The van der Waals surface area contributed by atoms with Gasteiger partial charge in [0, 0.05) is 38.2 Å². The Morgan fingerprint density at radius 3 is 2.52 bits per heavy atom. The van der Waals surface area contributed by atoms with Crippen LogP contribution in [-0.4, -0.2) is 56.0 Å². The van der Waals surface area contributed by atoms with E-state index in [9.17, 15) is 0 Å². The van der Waals surface area contributed by atoms with E-state index in [1.807, 2.05) is 13.0 Å². The molecule has 162 valence electrons. The van der Waals surface area contributed by atoms with Crippen LogP contribution in [0.5, 0.6) is 11.5 Å². The van der Waals surface area contributed by atoms with Crippen LogP contribution in [0.2, 0.25) is 0 Å². The average molecular weight is 420 g/mol. The molecular formula is C25H29N3O3. The van der Waals surface area contributed by atoms with Gasteiger partial charge in [-0.05, 0) is 37.6 Å². The van der Waals surface area contributed by atoms with Crippen molar-refractivity contribution in [3.63, 3.8) is 0 Å². The van der Waals surface area contributed by atoms with Crippen molar-refractivity contribution in [2.45, 2.75) is 19.3 Å². The number of ether oxygens (including phenoxy) is 2. The lowest BCUT2D eigenvalue weighted by molar-refractivity contribution is 0.171. The van der Waals surface area contributed by atoms with Gasteiger partial charge < -0.3 is 18.9 Å². The molecule has 1 atom stereocenters. The fraction of sp³-hybridized carbons (Fsp3) is 0.400. The number of aromatic nitrogens is 1. The van der Waals surface area contributed by atoms with Crippen LogP contribution in [0.3, 0.4) is 0 Å². The summed E-state index contributed by atoms with van der Waals surface area (Å²) in [5.74, 6) is 2.94. The van der Waals surface area contributed by atoms with Crippen LogP contribution < -0.4 is 14.4 Å². The van der Waals surface area contributed by atoms with E-state index in [1.54, 1.807) is 0 Å². The zero-order chi connectivity index (χ0) is 21.0. The monoisotopic (exact) mass is 419 g/mol. The first-order valence-electron chi connectivity index (χ1n) is 11.1. The number of hydrogen-bond acceptors (Lipinski definition) is 6. The van der Waals surface area contributed by atoms with Gasteiger partial charge in [-0.2, -0.15) is 0 Å². The lowest BCUT2D eigenvalue weighted by Crippen LogP contribution is -2.47. The second-order valence-corrected chi connectivity index (χ2v) is 8.25. The Bertz CT molecular complexity index is 996. The molecule has 0 aliphatic carbocycles. The van der Waals surface area contributed by atoms with Gasteiger partial charge in [-0.15, -0.1) is 0 Å². The highest BCUT2D eigenvalue weighted by molar-refractivity contribution is 5.65. The number of fused-ring (bicyclic) bond motifs is 1. The highest BCUT2D eigenvalue weighted by Crippen LogP contribution is 2.39. The highest BCUT2D eigenvalue weighted by atomic mass is 16.6. The first kappa shape index (κ1) is 19.9. The summed E-state index contributed by atoms with van der Waals surface area (Å²) in [6, 6.07) is 18.9. The third kappa shape index (κ3) is 4.39. The van der Waals surface area contributed by atoms with Crippen LogP contribution in [0.1, 0.15) is 29.4 Å². The SMILES string of the molecule is Cc1cc(C(CCN2CCN(c3cccc4c3OCCO4)CC2)c2ccccc2)on1. The minimum absolute atomic E-state index is 0.229. The molecule has 0 amide bonds. The third-order valence-electron chi connectivity index (χ3n) is 6.18. The van der Waals surface area contributed by atoms with Crippen LogP contribution in [-0.2, 0) is 0 Å². The van der Waals surface area contributed by atoms with Crippen LogP contribution in [0.4, 0.5) is 5.69 Å². The van der Waals surface area contributed by atoms with E-state index in [0.717, 1.165) is 67.8 Å². The summed E-state index contributed by atoms with van der Waals surface area (Å²) in [5.41, 5.74) is 3.36. The zero-order valence-corrected chi connectivity index (χ0v) is 18.0. The van der Waals surface area contributed by atoms with E-state index in [1.165, 1.54) is 5.56 Å². The number of anilines is 1. The summed E-state index contributed by atoms with van der Waals surface area (Å²) >= 11 is 0. The molecular weight excluding hydrogens is 390 g/mol. The molecule has 0 bridgehead atoms. The van der Waals surface area contributed by atoms with Crippen LogP contribution in [0, 0.1) is 6.92 Å². The Morgan fingerprint density at radius 2 is 1.74 bits per heavy atom. The van der Waals surface area contributed by atoms with Gasteiger partial charge >= 0.3 is 0 Å². The second-order valence-electron chi connectivity index (χ2n) is 8.25. The van der Waals surface area contributed by atoms with Gasteiger partial charge in [-0.1, -0.05) is 41.6 Å². The Labute approximate surface area is 183 Å². The average Bonchev–Trinajstić information content (AvgIpc) is 3.26. The predicted molar refractivity (Wildman–Crippen MR) is 120 cm³/mol. The molecule has 5 rings (SSSR count). The first-order chi connectivity index (χ1) is 15.3. The standard InChI is InChI=1S/C25H29N3O3/c1-19-18-24(31-26-19)21(20-6-3-2-4-7-20)10-11-27-12-14-28(15-13-27)22-8-5-9-23-25(22)30-17-16-29-23/h2-9,18,21H,10-17H2,1H3. The fourth-order valence-electron chi connectivity index (χ4n) is 4.54. The van der Waals surface area contributed by atoms with Crippen molar-refractivity contribution in [1.29, 1.82) is 0 Å². The number of piperazine rings is 1. The molecule has 1 fully saturated rings. The van der Waals surface area contributed by atoms with Gasteiger partial charge in [-0.25, -0.2) is 0 Å². The molecule has 1 unspecified atom stereocenters. The van der Waals surface area contributed by atoms with Crippen molar-refractivity contribution < 1.29 is 14.0 Å². The summed E-state index contributed by atoms with van der Waals surface area (Å²) in [7, 11) is 0. The maximum Gasteiger partial charge on any atom is 0.184 e. The second kappa shape index (κ2) is 9.02. The lowest BCUT2D eigenvalue weighted by atomic mass is 9.92. The predicted octanol–water partition coefficient (Wildman–Crippen LogP) is 4.10. The van der Waals surface area contributed by atoms with Crippen molar-refractivity contribution in [1.82, 2.24) is 10.1 Å². The first-order valence-corrected chi connectivity index (χ1v) is 11.1. The number of rotatable bonds is 6. The molecule has 2 aliphatic heterocycles. The van der Waals surface area contributed by atoms with Gasteiger partial charge in [0.15, 0.2) is 11.5 Å². The maximum atomic E-state index is 5.92. The molecule has 3 heterocycles. The fourth-order valence-corrected chi connectivity index (χ4v) is 4.54. The van der Waals surface area contributed by atoms with E-state index in [2.05, 4.69) is 63.5 Å². The van der Waals surface area contributed by atoms with Crippen molar-refractivity contribution in [2.75, 3.05) is 50.8 Å². The summed E-state index contributed by atoms with van der Waals surface area (Å²) in [6.07, 6.45) is 1.01. The minimum Gasteiger partial charge on any atom is -0.486 e. The molecule has 1 saturated heterocycles. The van der Waals surface area contributed by atoms with E-state index >= 15 is 0 Å². The molecule has 31 heavy (non-hydrogen) atoms. The van der Waals surface area contributed by atoms with E-state index < -0.39 is 0 Å². The number of para-hydroxylation sites is 1. The van der Waals surface area contributed by atoms with Gasteiger partial charge in [0.2, 0.25) is 0 Å². The van der Waals surface area contributed by atoms with Gasteiger partial charge in [0.25, 0.3) is 0 Å². The molecule has 1 aromatic heterocycles. The third-order valence-corrected chi connectivity index (χ3v) is 6.18. The van der Waals surface area contributed by atoms with E-state index in [0.29, 0.717) is 13.2 Å². The van der Waals surface area contributed by atoms with E-state index in [4.69, 9.17) is 14.0 Å². The van der Waals surface area contributed by atoms with Gasteiger partial charge in [0.05, 0.1) is 11.4 Å². The highest BCUT2D eigenvalue weighted by Gasteiger charge is 2.25. The van der Waals surface area contributed by atoms with Crippen molar-refractivity contribution >= 4 is 5.69 Å². The Kier molecular flexibility index (Phi) is 5.80. The quantitative estimate of drug-likeness (QED) is 0.600. The topological polar surface area (TPSA) is 51.0 Å². The largest absolute Gasteiger partial charge is 0.486 e. The molecule has 3 aromatic rings. The molecule has 2 aromatic carbocycles. The number of benzene rings is 2. The van der Waals surface area contributed by atoms with Gasteiger partial charge in [0.1, 0.15) is 19.0 Å². The number of aryl methyl sites for hydroxylation is 1. The summed E-state index contributed by atoms with van der Waals surface area (Å²) in [4.78, 5) is 4.96. The molecule has 6 heteroatoms. The summed E-state index contributed by atoms with van der Waals surface area (Å²) in [6.45, 7) is 8.27. The minimum atomic E-state index is 0.229. The molecule has 0 spiro atoms. The normalized spacial score (nSPS) is 17.5. The molecule has 0 saturated carbocycles. The Balaban J connectivity index is 1.22.